The largest absolute Gasteiger partial charge is 0.649 e. The summed E-state index contributed by atoms with van der Waals surface area (Å²) in [5.74, 6) is 0. The lowest BCUT2D eigenvalue weighted by Gasteiger charge is -1.95. The summed E-state index contributed by atoms with van der Waals surface area (Å²) in [4.78, 5) is 0. The third kappa shape index (κ3) is 6.45. The Labute approximate surface area is 52.7 Å². The van der Waals surface area contributed by atoms with E-state index in [1.54, 1.807) is 0 Å². The van der Waals surface area contributed by atoms with Crippen LogP contribution in [0.4, 0.5) is 0 Å². The molecular formula is C4H13AlO2. The van der Waals surface area contributed by atoms with Crippen LogP contribution in [0.25, 0.3) is 0 Å². The maximum absolute atomic E-state index is 4.99. The van der Waals surface area contributed by atoms with Crippen molar-refractivity contribution in [2.24, 2.45) is 0 Å². The van der Waals surface area contributed by atoms with Gasteiger partial charge in [-0.2, -0.15) is 0 Å². The Hall–Kier alpha value is 0.452. The first-order valence-electron chi connectivity index (χ1n) is 2.57. The summed E-state index contributed by atoms with van der Waals surface area (Å²) in [5.41, 5.74) is 0. The monoisotopic (exact) mass is 120 g/mol. The van der Waals surface area contributed by atoms with Crippen LogP contribution in [-0.4, -0.2) is 29.1 Å². The molecule has 0 aliphatic rings. The predicted octanol–water partition coefficient (Wildman–Crippen LogP) is 0.572. The second-order valence-corrected chi connectivity index (χ2v) is 2.16. The maximum atomic E-state index is 4.99. The molecule has 0 unspecified atom stereocenters. The summed E-state index contributed by atoms with van der Waals surface area (Å²) in [5, 5.41) is 0. The van der Waals surface area contributed by atoms with Gasteiger partial charge < -0.3 is 7.58 Å². The van der Waals surface area contributed by atoms with Crippen LogP contribution in [-0.2, 0) is 7.58 Å². The molecule has 0 saturated carbocycles. The molecule has 44 valence electrons. The molecule has 0 saturated heterocycles. The van der Waals surface area contributed by atoms with Crippen LogP contribution in [0.2, 0.25) is 0 Å². The second-order valence-electron chi connectivity index (χ2n) is 1.10. The van der Waals surface area contributed by atoms with E-state index in [0.29, 0.717) is 0 Å². The Morgan fingerprint density at radius 3 is 2.00 bits per heavy atom. The van der Waals surface area contributed by atoms with Gasteiger partial charge in [0.25, 0.3) is 0 Å². The molecule has 0 N–H and O–H groups in total. The first kappa shape index (κ1) is 7.45. The van der Waals surface area contributed by atoms with Crippen LogP contribution in [0.15, 0.2) is 0 Å². The fraction of sp³-hybridized carbons (Fsp3) is 1.00. The van der Waals surface area contributed by atoms with Crippen molar-refractivity contribution in [3.8, 4) is 0 Å². The lowest BCUT2D eigenvalue weighted by molar-refractivity contribution is 0.240. The highest BCUT2D eigenvalue weighted by atomic mass is 27.2. The minimum Gasteiger partial charge on any atom is -0.481 e. The minimum atomic E-state index is -0.589. The van der Waals surface area contributed by atoms with E-state index in [0.717, 1.165) is 13.2 Å². The highest BCUT2D eigenvalue weighted by Gasteiger charge is 1.88. The van der Waals surface area contributed by atoms with Crippen molar-refractivity contribution in [3.63, 3.8) is 0 Å². The van der Waals surface area contributed by atoms with E-state index < -0.39 is 15.9 Å². The molecule has 0 aromatic heterocycles. The Morgan fingerprint density at radius 1 is 1.29 bits per heavy atom. The zero-order chi connectivity index (χ0) is 5.54. The van der Waals surface area contributed by atoms with Crippen molar-refractivity contribution in [2.45, 2.75) is 13.8 Å². The molecule has 0 radical (unpaired) electrons. The summed E-state index contributed by atoms with van der Waals surface area (Å²) in [6.07, 6.45) is 0. The molecule has 0 aromatic carbocycles. The quantitative estimate of drug-likeness (QED) is 0.399. The summed E-state index contributed by atoms with van der Waals surface area (Å²) in [6.45, 7) is 5.55. The van der Waals surface area contributed by atoms with Gasteiger partial charge in [0.2, 0.25) is 0 Å². The van der Waals surface area contributed by atoms with Gasteiger partial charge in [-0.1, -0.05) is 0 Å². The van der Waals surface area contributed by atoms with Crippen LogP contribution in [0.5, 0.6) is 0 Å². The molecule has 0 aromatic rings. The molecular weight excluding hydrogens is 107 g/mol. The van der Waals surface area contributed by atoms with Gasteiger partial charge in [-0.15, -0.1) is 0 Å². The lowest BCUT2D eigenvalue weighted by atomic mass is 10.9. The fourth-order valence-electron chi connectivity index (χ4n) is 0.226. The molecule has 0 aliphatic heterocycles. The van der Waals surface area contributed by atoms with Crippen molar-refractivity contribution in [1.29, 1.82) is 0 Å². The molecule has 2 nitrogen and oxygen atoms in total. The smallest absolute Gasteiger partial charge is 0.481 e. The van der Waals surface area contributed by atoms with Crippen LogP contribution in [0, 0.1) is 0 Å². The summed E-state index contributed by atoms with van der Waals surface area (Å²) in [6, 6.07) is 0. The van der Waals surface area contributed by atoms with E-state index in [-0.39, 0.29) is 1.43 Å². The van der Waals surface area contributed by atoms with Gasteiger partial charge in [0, 0.05) is 14.6 Å². The van der Waals surface area contributed by atoms with Gasteiger partial charge in [0.1, 0.15) is 0 Å². The van der Waals surface area contributed by atoms with Crippen LogP contribution < -0.4 is 0 Å². The van der Waals surface area contributed by atoms with Crippen LogP contribution in [0.1, 0.15) is 15.3 Å². The minimum absolute atomic E-state index is 0. The first-order valence-corrected chi connectivity index (χ1v) is 3.72. The Morgan fingerprint density at radius 2 is 1.71 bits per heavy atom. The molecule has 0 heterocycles. The first-order chi connectivity index (χ1) is 3.41. The van der Waals surface area contributed by atoms with E-state index in [4.69, 9.17) is 7.58 Å². The third-order valence-corrected chi connectivity index (χ3v) is 1.72. The average Bonchev–Trinajstić information content (AvgIpc) is 1.69. The number of rotatable bonds is 4. The SMILES string of the molecule is CC[O][AlH][O]CC.[HH]. The maximum Gasteiger partial charge on any atom is 0.649 e. The van der Waals surface area contributed by atoms with E-state index in [1.807, 2.05) is 13.8 Å². The number of hydrogen-bond acceptors (Lipinski definition) is 2. The molecule has 0 fully saturated rings. The van der Waals surface area contributed by atoms with Crippen molar-refractivity contribution in [3.05, 3.63) is 0 Å². The topological polar surface area (TPSA) is 18.5 Å². The summed E-state index contributed by atoms with van der Waals surface area (Å²) >= 11 is -0.589. The predicted molar refractivity (Wildman–Crippen MR) is 32.5 cm³/mol. The van der Waals surface area contributed by atoms with Crippen molar-refractivity contribution < 1.29 is 9.00 Å². The van der Waals surface area contributed by atoms with Gasteiger partial charge in [0.05, 0.1) is 0 Å². The fourth-order valence-corrected chi connectivity index (χ4v) is 0.677. The van der Waals surface area contributed by atoms with Gasteiger partial charge in [-0.25, -0.2) is 0 Å². The molecule has 0 spiro atoms. The van der Waals surface area contributed by atoms with Crippen LogP contribution in [0.3, 0.4) is 0 Å². The Balaban J connectivity index is 0. The van der Waals surface area contributed by atoms with Gasteiger partial charge in [-0.3, -0.25) is 0 Å². The van der Waals surface area contributed by atoms with Crippen molar-refractivity contribution >= 4 is 15.9 Å². The highest BCUT2D eigenvalue weighted by molar-refractivity contribution is 6.17. The van der Waals surface area contributed by atoms with Gasteiger partial charge in [-0.05, 0) is 13.8 Å². The van der Waals surface area contributed by atoms with Crippen molar-refractivity contribution in [2.75, 3.05) is 13.2 Å². The van der Waals surface area contributed by atoms with E-state index in [9.17, 15) is 0 Å². The Bertz CT molecular complexity index is 33.2. The number of hydrogen-bond donors (Lipinski definition) is 0. The zero-order valence-corrected chi connectivity index (χ0v) is 6.35. The molecule has 0 rings (SSSR count). The standard InChI is InChI=1S/2C2H5O.Al.H2.H/c2*1-2-3;;;/h2*2H2,1H3;;1H;/q2*-1;+2;;. The zero-order valence-electron chi connectivity index (χ0n) is 4.94. The third-order valence-electron chi connectivity index (χ3n) is 0.575. The molecule has 0 aliphatic carbocycles. The molecule has 0 atom stereocenters. The van der Waals surface area contributed by atoms with E-state index >= 15 is 0 Å². The van der Waals surface area contributed by atoms with Crippen LogP contribution >= 0.6 is 0 Å². The summed E-state index contributed by atoms with van der Waals surface area (Å²) in [7, 11) is 0. The summed E-state index contributed by atoms with van der Waals surface area (Å²) < 4.78 is 9.98. The van der Waals surface area contributed by atoms with E-state index in [2.05, 4.69) is 0 Å². The van der Waals surface area contributed by atoms with Crippen molar-refractivity contribution in [1.82, 2.24) is 0 Å². The van der Waals surface area contributed by atoms with E-state index in [1.165, 1.54) is 0 Å². The molecule has 0 amide bonds. The normalized spacial score (nSPS) is 8.86. The average molecular weight is 120 g/mol. The molecule has 3 heteroatoms. The highest BCUT2D eigenvalue weighted by Crippen LogP contribution is 1.70. The second kappa shape index (κ2) is 6.45. The van der Waals surface area contributed by atoms with Gasteiger partial charge in [0.15, 0.2) is 0 Å². The Kier molecular flexibility index (Phi) is 6.87. The molecule has 0 bridgehead atoms. The van der Waals surface area contributed by atoms with Gasteiger partial charge >= 0.3 is 15.9 Å². The lowest BCUT2D eigenvalue weighted by Crippen LogP contribution is -2.02. The molecule has 7 heavy (non-hydrogen) atoms.